The van der Waals surface area contributed by atoms with Gasteiger partial charge in [-0.2, -0.15) is 0 Å². The average Bonchev–Trinajstić information content (AvgIpc) is 3.60. The van der Waals surface area contributed by atoms with Crippen LogP contribution in [-0.4, -0.2) is 351 Å². The molecule has 0 aromatic heterocycles. The molecule has 6 aliphatic heterocycles. The number of aliphatic carboxylic acids is 1. The number of nitrogens with one attached hydrogen (secondary N) is 4. The van der Waals surface area contributed by atoms with Crippen LogP contribution in [-0.2, 0) is 76.1 Å². The summed E-state index contributed by atoms with van der Waals surface area (Å²) < 4.78 is 63.3. The molecule has 38 nitrogen and oxygen atoms in total. The number of aliphatic hydroxyl groups is 17. The number of carboxylic acid groups (broad SMARTS) is 1. The second kappa shape index (κ2) is 30.2. The van der Waals surface area contributed by atoms with Gasteiger partial charge in [0.15, 0.2) is 31.5 Å². The zero-order valence-electron chi connectivity index (χ0n) is 45.9. The van der Waals surface area contributed by atoms with Gasteiger partial charge in [0, 0.05) is 34.1 Å². The first-order chi connectivity index (χ1) is 40.0. The van der Waals surface area contributed by atoms with Crippen LogP contribution in [0.25, 0.3) is 0 Å². The molecule has 490 valence electrons. The summed E-state index contributed by atoms with van der Waals surface area (Å²) in [5.74, 6) is -8.64. The molecule has 31 atom stereocenters. The highest BCUT2D eigenvalue weighted by Gasteiger charge is 2.61. The molecule has 0 aromatic rings. The lowest BCUT2D eigenvalue weighted by atomic mass is 9.88. The van der Waals surface area contributed by atoms with Gasteiger partial charge in [-0.3, -0.25) is 19.2 Å². The van der Waals surface area contributed by atoms with Crippen LogP contribution >= 0.6 is 0 Å². The van der Waals surface area contributed by atoms with E-state index in [1.54, 1.807) is 0 Å². The molecule has 6 saturated heterocycles. The molecule has 0 aromatic carbocycles. The standard InChI is InChI=1S/C47H78N4O34/c1-12(57)48-23-16(61)5-47(46(73)74,84-39(23)27(63)17(62)6-52)85-40-29(65)19(8-54)78-45(35(40)71)82-36-20(9-55)79-42(24(31(36)67)49-13(2)58)75-11-22-30(66)38(26(41(72)76-22)51-15(4)60)83-43-25(50-14(3)59)32(68)37(21(10-56)80-43)81-44-34(70)33(69)28(64)18(7-53)77-44/h16-45,52-56,61-72H,5-11H2,1-4H3,(H,48,57)(H,49,58)(H,50,59)(H,51,60)(H,73,74)/t16-,17+,18+,19+,20+,21+,22+,23+,24+,25+,26+,27+,28-,29-,30-,31+,32+,33-,34+,35+,36+,37+,38+,39+,40-,41-,42+,43-,44-,45-,47-/m0/s1. The molecule has 6 rings (SSSR count). The maximum Gasteiger partial charge on any atom is 0.364 e. The normalized spacial score (nSPS) is 45.0. The highest BCUT2D eigenvalue weighted by molar-refractivity contribution is 5.77. The number of hydrogen-bond donors (Lipinski definition) is 22. The van der Waals surface area contributed by atoms with Crippen molar-refractivity contribution in [3.05, 3.63) is 0 Å². The number of amides is 4. The second-order valence-electron chi connectivity index (χ2n) is 21.2. The van der Waals surface area contributed by atoms with Gasteiger partial charge in [-0.25, -0.2) is 4.79 Å². The van der Waals surface area contributed by atoms with Gasteiger partial charge in [-0.1, -0.05) is 0 Å². The van der Waals surface area contributed by atoms with E-state index >= 15 is 0 Å². The fraction of sp³-hybridized carbons (Fsp3) is 0.894. The van der Waals surface area contributed by atoms with Crippen LogP contribution in [0, 0.1) is 0 Å². The molecule has 0 radical (unpaired) electrons. The monoisotopic (exact) mass is 1240 g/mol. The minimum Gasteiger partial charge on any atom is -0.477 e. The zero-order valence-corrected chi connectivity index (χ0v) is 45.9. The molecule has 4 amide bonds. The fourth-order valence-corrected chi connectivity index (χ4v) is 10.7. The molecule has 22 N–H and O–H groups in total. The molecule has 0 bridgehead atoms. The van der Waals surface area contributed by atoms with Crippen LogP contribution in [0.1, 0.15) is 34.1 Å². The molecule has 85 heavy (non-hydrogen) atoms. The number of ether oxygens (including phenoxy) is 11. The molecule has 0 aliphatic carbocycles. The Kier molecular flexibility index (Phi) is 24.9. The minimum atomic E-state index is -3.19. The fourth-order valence-electron chi connectivity index (χ4n) is 10.7. The predicted octanol–water partition coefficient (Wildman–Crippen LogP) is -14.3. The minimum absolute atomic E-state index is 0.825. The lowest BCUT2D eigenvalue weighted by Gasteiger charge is -2.51. The first kappa shape index (κ1) is 70.3. The van der Waals surface area contributed by atoms with E-state index in [2.05, 4.69) is 21.3 Å². The van der Waals surface area contributed by atoms with Gasteiger partial charge in [0.05, 0.1) is 51.8 Å². The van der Waals surface area contributed by atoms with Crippen molar-refractivity contribution in [1.29, 1.82) is 0 Å². The van der Waals surface area contributed by atoms with E-state index in [1.165, 1.54) is 0 Å². The van der Waals surface area contributed by atoms with E-state index in [9.17, 15) is 116 Å². The molecular formula is C47H78N4O34. The van der Waals surface area contributed by atoms with Crippen molar-refractivity contribution in [1.82, 2.24) is 21.3 Å². The highest BCUT2D eigenvalue weighted by Crippen LogP contribution is 2.39. The summed E-state index contributed by atoms with van der Waals surface area (Å²) in [4.78, 5) is 62.8. The van der Waals surface area contributed by atoms with Gasteiger partial charge in [0.25, 0.3) is 5.79 Å². The van der Waals surface area contributed by atoms with Crippen LogP contribution in [0.4, 0.5) is 0 Å². The number of carbonyl (C=O) groups is 5. The van der Waals surface area contributed by atoms with Crippen molar-refractivity contribution >= 4 is 29.6 Å². The van der Waals surface area contributed by atoms with Crippen molar-refractivity contribution in [2.24, 2.45) is 0 Å². The van der Waals surface area contributed by atoms with Crippen LogP contribution < -0.4 is 21.3 Å². The Bertz CT molecular complexity index is 2210. The molecule has 6 heterocycles. The van der Waals surface area contributed by atoms with Crippen molar-refractivity contribution < 1.29 is 168 Å². The maximum absolute atomic E-state index is 13.0. The molecule has 6 fully saturated rings. The molecule has 0 spiro atoms. The van der Waals surface area contributed by atoms with Gasteiger partial charge in [0.2, 0.25) is 23.6 Å². The number of aliphatic hydroxyl groups excluding tert-OH is 17. The average molecular weight is 1240 g/mol. The van der Waals surface area contributed by atoms with E-state index in [4.69, 9.17) is 52.1 Å². The van der Waals surface area contributed by atoms with E-state index in [-0.39, 0.29) is 0 Å². The van der Waals surface area contributed by atoms with E-state index in [0.717, 1.165) is 27.7 Å². The molecule has 0 saturated carbocycles. The molecular weight excluding hydrogens is 1160 g/mol. The second-order valence-corrected chi connectivity index (χ2v) is 21.2. The highest BCUT2D eigenvalue weighted by atomic mass is 16.8. The summed E-state index contributed by atoms with van der Waals surface area (Å²) in [6.45, 7) is -2.17. The van der Waals surface area contributed by atoms with Crippen LogP contribution in [0.3, 0.4) is 0 Å². The zero-order chi connectivity index (χ0) is 63.3. The summed E-state index contributed by atoms with van der Waals surface area (Å²) in [6.07, 6.45) is -52.6. The Labute approximate surface area is 481 Å². The van der Waals surface area contributed by atoms with Gasteiger partial charge in [-0.05, 0) is 0 Å². The summed E-state index contributed by atoms with van der Waals surface area (Å²) >= 11 is 0. The van der Waals surface area contributed by atoms with Crippen LogP contribution in [0.2, 0.25) is 0 Å². The largest absolute Gasteiger partial charge is 0.477 e. The molecule has 38 heteroatoms. The van der Waals surface area contributed by atoms with Crippen LogP contribution in [0.15, 0.2) is 0 Å². The topological polar surface area (TPSA) is 599 Å². The summed E-state index contributed by atoms with van der Waals surface area (Å²) in [6, 6.07) is -6.92. The summed E-state index contributed by atoms with van der Waals surface area (Å²) in [7, 11) is 0. The van der Waals surface area contributed by atoms with Gasteiger partial charge >= 0.3 is 5.97 Å². The summed E-state index contributed by atoms with van der Waals surface area (Å²) in [5, 5.41) is 204. The van der Waals surface area contributed by atoms with Gasteiger partial charge < -0.3 is 165 Å². The van der Waals surface area contributed by atoms with Crippen molar-refractivity contribution in [2.45, 2.75) is 224 Å². The van der Waals surface area contributed by atoms with Crippen molar-refractivity contribution in [3.8, 4) is 0 Å². The third-order valence-corrected chi connectivity index (χ3v) is 15.0. The van der Waals surface area contributed by atoms with Gasteiger partial charge in [0.1, 0.15) is 140 Å². The Morgan fingerprint density at radius 1 is 0.482 bits per heavy atom. The predicted molar refractivity (Wildman–Crippen MR) is 263 cm³/mol. The Morgan fingerprint density at radius 3 is 1.41 bits per heavy atom. The SMILES string of the molecule is CC(=O)N[C@@H]1[C@@H](O[C@@H]2O[C@H](CO)[C@@H](O[C@@H]3O[C@H](CO)[C@H](O)[C@H](O)[C@H]3O)[C@H](O)[C@H]2NC(C)=O)[C@@H](O)[C@@H](CO[C@@H]2O[C@H](CO)[C@@H](O[C@@H]3O[C@H](CO)[C@H](O)[C@H](O[C@]4(C(=O)O)C[C@H](O)[C@@H](NC(C)=O)[C@H]([C@H](O)[C@H](O)CO)O4)[C@H]3O)[C@H](O)[C@H]2NC(C)=O)O[C@@H]1O. The Balaban J connectivity index is 1.21. The smallest absolute Gasteiger partial charge is 0.364 e. The number of rotatable bonds is 23. The molecule has 0 unspecified atom stereocenters. The van der Waals surface area contributed by atoms with Crippen LogP contribution in [0.5, 0.6) is 0 Å². The third kappa shape index (κ3) is 15.8. The summed E-state index contributed by atoms with van der Waals surface area (Å²) in [5.41, 5.74) is 0. The lowest BCUT2D eigenvalue weighted by molar-refractivity contribution is -0.383. The maximum atomic E-state index is 13.0. The van der Waals surface area contributed by atoms with E-state index in [1.807, 2.05) is 0 Å². The number of carboxylic acids is 1. The Morgan fingerprint density at radius 2 is 0.918 bits per heavy atom. The van der Waals surface area contributed by atoms with Gasteiger partial charge in [-0.15, -0.1) is 0 Å². The van der Waals surface area contributed by atoms with E-state index in [0.29, 0.717) is 0 Å². The number of hydrogen-bond acceptors (Lipinski definition) is 33. The lowest BCUT2D eigenvalue weighted by Crippen LogP contribution is -2.71. The Hall–Kier alpha value is -3.77. The van der Waals surface area contributed by atoms with E-state index < -0.39 is 265 Å². The third-order valence-electron chi connectivity index (χ3n) is 15.0. The number of carbonyl (C=O) groups excluding carboxylic acids is 4. The first-order valence-electron chi connectivity index (χ1n) is 26.7. The van der Waals surface area contributed by atoms with Crippen molar-refractivity contribution in [3.63, 3.8) is 0 Å². The molecule has 6 aliphatic rings. The first-order valence-corrected chi connectivity index (χ1v) is 26.7. The van der Waals surface area contributed by atoms with Crippen molar-refractivity contribution in [2.75, 3.05) is 39.6 Å². The quantitative estimate of drug-likeness (QED) is 0.0452.